The van der Waals surface area contributed by atoms with Crippen LogP contribution in [-0.4, -0.2) is 107 Å². The molecule has 0 saturated carbocycles. The Balaban J connectivity index is 2.00. The largest absolute Gasteiger partial charge is 0.463 e. The van der Waals surface area contributed by atoms with E-state index in [0.717, 1.165) is 0 Å². The van der Waals surface area contributed by atoms with E-state index in [9.17, 15) is 47.5 Å². The molecule has 6 amide bonds. The highest BCUT2D eigenvalue weighted by Crippen LogP contribution is 2.05. The Hall–Kier alpha value is -5.96. The number of carbonyl (C=O) groups is 7. The number of hydrogen-bond acceptors (Lipinski definition) is 12. The molecule has 284 valence electrons. The molecular formula is C31H42FN9O11. The highest BCUT2D eigenvalue weighted by molar-refractivity contribution is 5.94. The second-order valence-corrected chi connectivity index (χ2v) is 11.1. The molecule has 0 spiro atoms. The molecule has 1 heterocycles. The first-order valence-corrected chi connectivity index (χ1v) is 16.0. The lowest BCUT2D eigenvalue weighted by molar-refractivity contribution is -0.150. The third-order valence-electron chi connectivity index (χ3n) is 7.00. The van der Waals surface area contributed by atoms with Gasteiger partial charge < -0.3 is 47.5 Å². The van der Waals surface area contributed by atoms with Gasteiger partial charge in [-0.05, 0) is 25.8 Å². The zero-order chi connectivity index (χ0) is 38.8. The van der Waals surface area contributed by atoms with Crippen molar-refractivity contribution in [1.82, 2.24) is 41.5 Å². The van der Waals surface area contributed by atoms with E-state index in [1.54, 1.807) is 35.3 Å². The van der Waals surface area contributed by atoms with Gasteiger partial charge in [-0.25, -0.2) is 9.59 Å². The molecule has 1 aromatic carbocycles. The van der Waals surface area contributed by atoms with Crippen LogP contribution in [0.5, 0.6) is 0 Å². The van der Waals surface area contributed by atoms with E-state index >= 15 is 0 Å². The van der Waals surface area contributed by atoms with Crippen molar-refractivity contribution in [3.05, 3.63) is 68.7 Å². The van der Waals surface area contributed by atoms with Gasteiger partial charge in [-0.2, -0.15) is 4.39 Å². The van der Waals surface area contributed by atoms with Gasteiger partial charge in [-0.3, -0.25) is 43.1 Å². The number of ether oxygens (including phenoxy) is 1. The SMILES string of the molecule is CCOC(=O)C(NC(=O)CNC(=O)[C@H](C)NC(=O)[C@H](Cc1ccccc1)NC(=O)CNC(=O)[C@@H](N)CCC(=O)NCCO)n1cc(F)c(=O)[nH]c1=O. The minimum absolute atomic E-state index is 0.0223. The molecular weight excluding hydrogens is 693 g/mol. The molecule has 1 aromatic heterocycles. The van der Waals surface area contributed by atoms with Crippen LogP contribution in [0.25, 0.3) is 0 Å². The topological polar surface area (TPSA) is 302 Å². The first kappa shape index (κ1) is 42.2. The summed E-state index contributed by atoms with van der Waals surface area (Å²) < 4.78 is 19.1. The van der Waals surface area contributed by atoms with Gasteiger partial charge >= 0.3 is 11.7 Å². The van der Waals surface area contributed by atoms with Crippen LogP contribution in [-0.2, 0) is 44.7 Å². The summed E-state index contributed by atoms with van der Waals surface area (Å²) in [5.41, 5.74) is 3.84. The van der Waals surface area contributed by atoms with Gasteiger partial charge in [-0.1, -0.05) is 30.3 Å². The van der Waals surface area contributed by atoms with Crippen LogP contribution in [0.15, 0.2) is 46.1 Å². The third-order valence-corrected chi connectivity index (χ3v) is 7.00. The summed E-state index contributed by atoms with van der Waals surface area (Å²) in [4.78, 5) is 113. The fourth-order valence-corrected chi connectivity index (χ4v) is 4.32. The average molecular weight is 736 g/mol. The van der Waals surface area contributed by atoms with Crippen molar-refractivity contribution >= 4 is 41.4 Å². The molecule has 20 nitrogen and oxygen atoms in total. The summed E-state index contributed by atoms with van der Waals surface area (Å²) in [7, 11) is 0. The summed E-state index contributed by atoms with van der Waals surface area (Å²) in [6.45, 7) is 0.978. The molecule has 52 heavy (non-hydrogen) atoms. The number of nitrogens with one attached hydrogen (secondary N) is 7. The Kier molecular flexibility index (Phi) is 17.3. The van der Waals surface area contributed by atoms with Crippen LogP contribution in [0.3, 0.4) is 0 Å². The minimum Gasteiger partial charge on any atom is -0.463 e. The molecule has 0 bridgehead atoms. The molecule has 10 N–H and O–H groups in total. The first-order valence-electron chi connectivity index (χ1n) is 16.0. The summed E-state index contributed by atoms with van der Waals surface area (Å²) in [5.74, 6) is -7.24. The number of aliphatic hydroxyl groups is 1. The monoisotopic (exact) mass is 735 g/mol. The molecule has 2 rings (SSSR count). The minimum atomic E-state index is -1.91. The van der Waals surface area contributed by atoms with Crippen molar-refractivity contribution < 1.29 is 47.8 Å². The van der Waals surface area contributed by atoms with Crippen molar-refractivity contribution in [3.63, 3.8) is 0 Å². The molecule has 0 aliphatic rings. The number of aliphatic hydroxyl groups excluding tert-OH is 1. The van der Waals surface area contributed by atoms with Gasteiger partial charge in [0.25, 0.3) is 5.56 Å². The predicted molar refractivity (Wildman–Crippen MR) is 178 cm³/mol. The van der Waals surface area contributed by atoms with Gasteiger partial charge in [0.1, 0.15) is 12.1 Å². The molecule has 0 aliphatic carbocycles. The standard InChI is InChI=1S/C31H42FN9O11/c1-3-52-30(50)25(41-16-19(32)27(47)40-31(41)51)39-24(45)15-35-26(46)17(2)37-29(49)21(13-18-7-5-4-6-8-18)38-23(44)14-36-28(48)20(33)9-10-22(43)34-11-12-42/h4-8,16-17,20-21,25,42H,3,9-15,33H2,1-2H3,(H,34,43)(H,35,46)(H,36,48)(H,37,49)(H,38,44)(H,39,45)(H,40,47,51)/t17-,20-,21-,25?/m0/s1. The van der Waals surface area contributed by atoms with E-state index in [1.165, 1.54) is 13.8 Å². The van der Waals surface area contributed by atoms with E-state index in [4.69, 9.17) is 15.6 Å². The number of H-pyrrole nitrogens is 1. The average Bonchev–Trinajstić information content (AvgIpc) is 3.11. The number of aromatic amines is 1. The van der Waals surface area contributed by atoms with E-state index in [0.29, 0.717) is 16.3 Å². The third kappa shape index (κ3) is 14.1. The van der Waals surface area contributed by atoms with Crippen LogP contribution in [0, 0.1) is 5.82 Å². The number of aromatic nitrogens is 2. The number of benzene rings is 1. The van der Waals surface area contributed by atoms with Crippen LogP contribution in [0.4, 0.5) is 4.39 Å². The van der Waals surface area contributed by atoms with E-state index in [-0.39, 0.29) is 39.0 Å². The fourth-order valence-electron chi connectivity index (χ4n) is 4.32. The summed E-state index contributed by atoms with van der Waals surface area (Å²) in [5, 5.41) is 22.7. The number of rotatable bonds is 20. The Labute approximate surface area is 295 Å². The molecule has 0 saturated heterocycles. The maximum Gasteiger partial charge on any atom is 0.350 e. The Bertz CT molecular complexity index is 1700. The van der Waals surface area contributed by atoms with Gasteiger partial charge in [0.15, 0.2) is 0 Å². The predicted octanol–water partition coefficient (Wildman–Crippen LogP) is -4.47. The second-order valence-electron chi connectivity index (χ2n) is 11.1. The zero-order valence-corrected chi connectivity index (χ0v) is 28.4. The number of nitrogens with two attached hydrogens (primary N) is 1. The van der Waals surface area contributed by atoms with Crippen molar-refractivity contribution in [3.8, 4) is 0 Å². The molecule has 1 unspecified atom stereocenters. The lowest BCUT2D eigenvalue weighted by Gasteiger charge is -2.22. The normalized spacial score (nSPS) is 12.9. The Morgan fingerprint density at radius 1 is 0.904 bits per heavy atom. The zero-order valence-electron chi connectivity index (χ0n) is 28.4. The van der Waals surface area contributed by atoms with Gasteiger partial charge in [0, 0.05) is 19.4 Å². The Morgan fingerprint density at radius 2 is 1.54 bits per heavy atom. The van der Waals surface area contributed by atoms with E-state index in [2.05, 4.69) is 31.9 Å². The summed E-state index contributed by atoms with van der Waals surface area (Å²) in [6, 6.07) is 4.89. The quantitative estimate of drug-likeness (QED) is 0.0582. The number of carbonyl (C=O) groups excluding carboxylic acids is 7. The van der Waals surface area contributed by atoms with Gasteiger partial charge in [0.2, 0.25) is 47.4 Å². The van der Waals surface area contributed by atoms with Crippen molar-refractivity contribution in [2.24, 2.45) is 5.73 Å². The number of amides is 6. The van der Waals surface area contributed by atoms with Crippen LogP contribution in [0.2, 0.25) is 0 Å². The maximum atomic E-state index is 13.9. The highest BCUT2D eigenvalue weighted by atomic mass is 19.1. The molecule has 21 heteroatoms. The van der Waals surface area contributed by atoms with Crippen LogP contribution >= 0.6 is 0 Å². The van der Waals surface area contributed by atoms with E-state index in [1.807, 2.05) is 0 Å². The summed E-state index contributed by atoms with van der Waals surface area (Å²) in [6.07, 6.45) is -1.66. The van der Waals surface area contributed by atoms with Gasteiger partial charge in [-0.15, -0.1) is 0 Å². The molecule has 0 aliphatic heterocycles. The van der Waals surface area contributed by atoms with Crippen LogP contribution < -0.4 is 48.9 Å². The smallest absolute Gasteiger partial charge is 0.350 e. The summed E-state index contributed by atoms with van der Waals surface area (Å²) >= 11 is 0. The van der Waals surface area contributed by atoms with Gasteiger partial charge in [0.05, 0.1) is 38.5 Å². The van der Waals surface area contributed by atoms with Crippen LogP contribution in [0.1, 0.15) is 38.4 Å². The lowest BCUT2D eigenvalue weighted by Crippen LogP contribution is -2.55. The number of esters is 1. The maximum absolute atomic E-state index is 13.9. The molecule has 0 radical (unpaired) electrons. The highest BCUT2D eigenvalue weighted by Gasteiger charge is 2.28. The van der Waals surface area contributed by atoms with Crippen molar-refractivity contribution in [2.75, 3.05) is 32.8 Å². The lowest BCUT2D eigenvalue weighted by atomic mass is 10.0. The Morgan fingerprint density at radius 3 is 2.17 bits per heavy atom. The molecule has 2 aromatic rings. The fraction of sp³-hybridized carbons (Fsp3) is 0.452. The molecule has 4 atom stereocenters. The van der Waals surface area contributed by atoms with Crippen molar-refractivity contribution in [1.29, 1.82) is 0 Å². The second kappa shape index (κ2) is 21.3. The van der Waals surface area contributed by atoms with Crippen molar-refractivity contribution in [2.45, 2.75) is 57.4 Å². The van der Waals surface area contributed by atoms with E-state index < -0.39 is 95.9 Å². The number of halogens is 1. The number of hydrogen-bond donors (Lipinski definition) is 9. The molecule has 0 fully saturated rings. The number of nitrogens with zero attached hydrogens (tertiary/aromatic N) is 1. The first-order chi connectivity index (χ1) is 24.7.